The molecule has 11 heteroatoms. The Balaban J connectivity index is 1.37. The maximum absolute atomic E-state index is 16.7. The van der Waals surface area contributed by atoms with E-state index in [1.54, 1.807) is 6.07 Å². The van der Waals surface area contributed by atoms with Gasteiger partial charge in [-0.25, -0.2) is 13.2 Å². The van der Waals surface area contributed by atoms with Crippen LogP contribution in [0.25, 0.3) is 32.9 Å². The molecule has 0 spiro atoms. The van der Waals surface area contributed by atoms with Crippen LogP contribution in [0.3, 0.4) is 0 Å². The van der Waals surface area contributed by atoms with Crippen molar-refractivity contribution in [3.63, 3.8) is 0 Å². The Morgan fingerprint density at radius 2 is 1.98 bits per heavy atom. The van der Waals surface area contributed by atoms with E-state index in [0.29, 0.717) is 73.2 Å². The number of rotatable bonds is 6. The number of alkyl halides is 1. The maximum atomic E-state index is 16.7. The van der Waals surface area contributed by atoms with Crippen LogP contribution in [-0.2, 0) is 11.2 Å². The molecule has 0 radical (unpaired) electrons. The van der Waals surface area contributed by atoms with Crippen molar-refractivity contribution >= 4 is 27.5 Å². The zero-order valence-corrected chi connectivity index (χ0v) is 24.8. The SMILES string of the molecule is CCc1c(F)ccc2cc(O)cc(-c3ncc4c(N5CCCCOCC5)nc(OC[C@@]56CCCN5C[C@H](F)C6)nc4c3F)c12. The molecular formula is C33H36F3N5O3. The number of phenolic OH excluding ortho intramolecular Hbond substituents is 1. The van der Waals surface area contributed by atoms with Crippen LogP contribution >= 0.6 is 0 Å². The van der Waals surface area contributed by atoms with Gasteiger partial charge in [-0.15, -0.1) is 0 Å². The van der Waals surface area contributed by atoms with E-state index in [1.807, 2.05) is 11.8 Å². The highest BCUT2D eigenvalue weighted by molar-refractivity contribution is 6.01. The Bertz CT molecular complexity index is 1710. The molecule has 7 rings (SSSR count). The van der Waals surface area contributed by atoms with E-state index in [2.05, 4.69) is 14.9 Å². The Morgan fingerprint density at radius 1 is 1.09 bits per heavy atom. The third kappa shape index (κ3) is 5.09. The lowest BCUT2D eigenvalue weighted by Crippen LogP contribution is -2.43. The molecule has 0 saturated carbocycles. The quantitative estimate of drug-likeness (QED) is 0.288. The number of phenols is 1. The van der Waals surface area contributed by atoms with Gasteiger partial charge in [0.2, 0.25) is 0 Å². The number of hydrogen-bond acceptors (Lipinski definition) is 8. The molecule has 3 aliphatic rings. The number of ether oxygens (including phenoxy) is 2. The second kappa shape index (κ2) is 11.7. The third-order valence-corrected chi connectivity index (χ3v) is 9.41. The van der Waals surface area contributed by atoms with Gasteiger partial charge >= 0.3 is 6.01 Å². The molecule has 44 heavy (non-hydrogen) atoms. The average Bonchev–Trinajstić information content (AvgIpc) is 3.51. The van der Waals surface area contributed by atoms with E-state index in [9.17, 15) is 13.9 Å². The van der Waals surface area contributed by atoms with Gasteiger partial charge in [-0.3, -0.25) is 9.88 Å². The molecule has 232 valence electrons. The van der Waals surface area contributed by atoms with Crippen LogP contribution in [0.4, 0.5) is 19.0 Å². The molecule has 2 aromatic carbocycles. The minimum atomic E-state index is -0.908. The minimum Gasteiger partial charge on any atom is -0.508 e. The fraction of sp³-hybridized carbons (Fsp3) is 0.485. The predicted octanol–water partition coefficient (Wildman–Crippen LogP) is 5.96. The van der Waals surface area contributed by atoms with Crippen molar-refractivity contribution in [3.05, 3.63) is 47.7 Å². The van der Waals surface area contributed by atoms with Gasteiger partial charge in [0.25, 0.3) is 0 Å². The molecule has 0 aliphatic carbocycles. The van der Waals surface area contributed by atoms with E-state index in [0.717, 1.165) is 32.2 Å². The van der Waals surface area contributed by atoms with Gasteiger partial charge in [0.15, 0.2) is 5.82 Å². The molecular weight excluding hydrogens is 571 g/mol. The Morgan fingerprint density at radius 3 is 2.84 bits per heavy atom. The summed E-state index contributed by atoms with van der Waals surface area (Å²) in [5.74, 6) is -0.720. The van der Waals surface area contributed by atoms with Crippen LogP contribution in [0.1, 0.15) is 44.6 Å². The number of pyridine rings is 1. The van der Waals surface area contributed by atoms with Crippen molar-refractivity contribution < 1.29 is 27.8 Å². The summed E-state index contributed by atoms with van der Waals surface area (Å²) < 4.78 is 58.0. The second-order valence-electron chi connectivity index (χ2n) is 12.2. The van der Waals surface area contributed by atoms with Crippen molar-refractivity contribution in [3.8, 4) is 23.0 Å². The molecule has 0 bridgehead atoms. The number of aromatic hydroxyl groups is 1. The molecule has 3 fully saturated rings. The van der Waals surface area contributed by atoms with Crippen LogP contribution in [0.2, 0.25) is 0 Å². The van der Waals surface area contributed by atoms with E-state index in [4.69, 9.17) is 14.5 Å². The summed E-state index contributed by atoms with van der Waals surface area (Å²) in [6, 6.07) is 5.87. The van der Waals surface area contributed by atoms with Gasteiger partial charge in [-0.2, -0.15) is 9.97 Å². The monoisotopic (exact) mass is 607 g/mol. The number of halogens is 3. The first kappa shape index (κ1) is 29.0. The first-order chi connectivity index (χ1) is 21.4. The Labute approximate surface area is 253 Å². The standard InChI is InChI=1S/C33H36F3N5O3/c1-2-23-26(35)7-6-20-14-22(42)15-24(27(20)23)29-28(36)30-25(17-37-29)31(40-9-3-4-12-43-13-11-40)39-32(38-30)44-19-33-8-5-10-41(33)18-21(34)16-33/h6-7,14-15,17,21,42H,2-5,8-13,16,18-19H2,1H3/t21-,33+/m1/s1. The van der Waals surface area contributed by atoms with Crippen LogP contribution < -0.4 is 9.64 Å². The summed E-state index contributed by atoms with van der Waals surface area (Å²) in [6.45, 7) is 5.67. The van der Waals surface area contributed by atoms with Gasteiger partial charge in [0.1, 0.15) is 41.4 Å². The molecule has 3 aliphatic heterocycles. The molecule has 2 atom stereocenters. The molecule has 5 heterocycles. The largest absolute Gasteiger partial charge is 0.508 e. The number of anilines is 1. The molecule has 0 unspecified atom stereocenters. The number of nitrogens with zero attached hydrogens (tertiary/aromatic N) is 5. The van der Waals surface area contributed by atoms with E-state index >= 15 is 4.39 Å². The molecule has 1 N–H and O–H groups in total. The first-order valence-electron chi connectivity index (χ1n) is 15.5. The van der Waals surface area contributed by atoms with Gasteiger partial charge in [-0.05, 0) is 73.2 Å². The van der Waals surface area contributed by atoms with Crippen LogP contribution in [0.15, 0.2) is 30.5 Å². The van der Waals surface area contributed by atoms with Crippen molar-refractivity contribution in [1.29, 1.82) is 0 Å². The molecule has 0 amide bonds. The highest BCUT2D eigenvalue weighted by Crippen LogP contribution is 2.42. The van der Waals surface area contributed by atoms with Crippen LogP contribution in [0.5, 0.6) is 11.8 Å². The topological polar surface area (TPSA) is 83.8 Å². The fourth-order valence-corrected chi connectivity index (χ4v) is 7.30. The number of aryl methyl sites for hydroxylation is 1. The second-order valence-corrected chi connectivity index (χ2v) is 12.2. The van der Waals surface area contributed by atoms with Gasteiger partial charge in [0, 0.05) is 44.4 Å². The summed E-state index contributed by atoms with van der Waals surface area (Å²) >= 11 is 0. The third-order valence-electron chi connectivity index (χ3n) is 9.41. The van der Waals surface area contributed by atoms with Crippen molar-refractivity contribution in [2.24, 2.45) is 0 Å². The summed E-state index contributed by atoms with van der Waals surface area (Å²) in [6.07, 6.45) is 4.94. The normalized spacial score (nSPS) is 22.8. The predicted molar refractivity (Wildman–Crippen MR) is 162 cm³/mol. The highest BCUT2D eigenvalue weighted by Gasteiger charge is 2.49. The molecule has 4 aromatic rings. The lowest BCUT2D eigenvalue weighted by Gasteiger charge is -2.31. The minimum absolute atomic E-state index is 0.0103. The smallest absolute Gasteiger partial charge is 0.319 e. The first-order valence-corrected chi connectivity index (χ1v) is 15.5. The molecule has 3 saturated heterocycles. The number of fused-ring (bicyclic) bond motifs is 3. The average molecular weight is 608 g/mol. The summed E-state index contributed by atoms with van der Waals surface area (Å²) in [5, 5.41) is 12.0. The zero-order chi connectivity index (χ0) is 30.4. The highest BCUT2D eigenvalue weighted by atomic mass is 19.1. The number of aromatic nitrogens is 3. The lowest BCUT2D eigenvalue weighted by molar-refractivity contribution is 0.107. The van der Waals surface area contributed by atoms with E-state index < -0.39 is 23.3 Å². The van der Waals surface area contributed by atoms with Crippen molar-refractivity contribution in [2.75, 3.05) is 50.9 Å². The van der Waals surface area contributed by atoms with E-state index in [1.165, 1.54) is 24.4 Å². The molecule has 8 nitrogen and oxygen atoms in total. The van der Waals surface area contributed by atoms with Crippen molar-refractivity contribution in [1.82, 2.24) is 19.9 Å². The Hall–Kier alpha value is -3.70. The van der Waals surface area contributed by atoms with Gasteiger partial charge in [0.05, 0.1) is 17.5 Å². The summed E-state index contributed by atoms with van der Waals surface area (Å²) in [4.78, 5) is 18.0. The van der Waals surface area contributed by atoms with Gasteiger partial charge < -0.3 is 19.5 Å². The van der Waals surface area contributed by atoms with Crippen LogP contribution in [-0.4, -0.2) is 82.7 Å². The summed E-state index contributed by atoms with van der Waals surface area (Å²) in [5.41, 5.74) is 0.227. The maximum Gasteiger partial charge on any atom is 0.319 e. The Kier molecular flexibility index (Phi) is 7.70. The number of hydrogen-bond donors (Lipinski definition) is 1. The van der Waals surface area contributed by atoms with Crippen molar-refractivity contribution in [2.45, 2.75) is 57.2 Å². The van der Waals surface area contributed by atoms with E-state index in [-0.39, 0.29) is 35.1 Å². The lowest BCUT2D eigenvalue weighted by atomic mass is 9.94. The number of benzene rings is 2. The summed E-state index contributed by atoms with van der Waals surface area (Å²) in [7, 11) is 0. The fourth-order valence-electron chi connectivity index (χ4n) is 7.30. The van der Waals surface area contributed by atoms with Gasteiger partial charge in [-0.1, -0.05) is 13.0 Å². The molecule has 2 aromatic heterocycles. The zero-order valence-electron chi connectivity index (χ0n) is 24.8. The van der Waals surface area contributed by atoms with Crippen LogP contribution in [0, 0.1) is 11.6 Å².